The molecule has 104 valence electrons. The Bertz CT molecular complexity index is 486. The van der Waals surface area contributed by atoms with E-state index in [-0.39, 0.29) is 11.8 Å². The number of hydrogen-bond acceptors (Lipinski definition) is 4. The molecule has 1 fully saturated rings. The molecule has 0 aromatic heterocycles. The summed E-state index contributed by atoms with van der Waals surface area (Å²) in [6, 6.07) is 3.44. The van der Waals surface area contributed by atoms with Crippen molar-refractivity contribution in [3.63, 3.8) is 0 Å². The molecule has 1 aliphatic carbocycles. The van der Waals surface area contributed by atoms with Gasteiger partial charge in [-0.25, -0.2) is 0 Å². The molecule has 0 amide bonds. The Balaban J connectivity index is 2.22. The molecular formula is C14H18BrNO3. The van der Waals surface area contributed by atoms with Gasteiger partial charge >= 0.3 is 0 Å². The van der Waals surface area contributed by atoms with Crippen molar-refractivity contribution in [2.45, 2.75) is 25.3 Å². The lowest BCUT2D eigenvalue weighted by atomic mass is 10.0. The van der Waals surface area contributed by atoms with Gasteiger partial charge in [-0.3, -0.25) is 4.79 Å². The zero-order valence-corrected chi connectivity index (χ0v) is 12.7. The Kier molecular flexibility index (Phi) is 4.47. The van der Waals surface area contributed by atoms with Gasteiger partial charge in [-0.2, -0.15) is 0 Å². The second kappa shape index (κ2) is 5.92. The Hall–Kier alpha value is -1.07. The van der Waals surface area contributed by atoms with Crippen molar-refractivity contribution in [2.24, 2.45) is 11.7 Å². The van der Waals surface area contributed by atoms with Crippen LogP contribution in [0.25, 0.3) is 0 Å². The molecule has 1 saturated carbocycles. The van der Waals surface area contributed by atoms with Crippen LogP contribution in [0.1, 0.15) is 29.6 Å². The molecule has 2 rings (SSSR count). The van der Waals surface area contributed by atoms with Gasteiger partial charge in [0.25, 0.3) is 0 Å². The molecule has 2 N–H and O–H groups in total. The summed E-state index contributed by atoms with van der Waals surface area (Å²) in [5, 5.41) is 0. The number of halogens is 1. The number of ketones is 1. The molecule has 0 saturated heterocycles. The minimum atomic E-state index is -0.0434. The van der Waals surface area contributed by atoms with Gasteiger partial charge in [-0.1, -0.05) is 0 Å². The number of carbonyl (C=O) groups excluding carboxylic acids is 1. The SMILES string of the molecule is COc1ccc(C(=O)CC(N)C2CC2)c(OC)c1Br. The van der Waals surface area contributed by atoms with E-state index in [2.05, 4.69) is 15.9 Å². The minimum absolute atomic E-state index is 0.0135. The summed E-state index contributed by atoms with van der Waals surface area (Å²) in [6.45, 7) is 0. The summed E-state index contributed by atoms with van der Waals surface area (Å²) in [5.41, 5.74) is 6.55. The van der Waals surface area contributed by atoms with E-state index in [0.29, 0.717) is 33.9 Å². The molecule has 0 bridgehead atoms. The highest BCUT2D eigenvalue weighted by Gasteiger charge is 2.31. The molecule has 0 radical (unpaired) electrons. The molecule has 19 heavy (non-hydrogen) atoms. The van der Waals surface area contributed by atoms with Crippen molar-refractivity contribution >= 4 is 21.7 Å². The van der Waals surface area contributed by atoms with Gasteiger partial charge in [0.2, 0.25) is 0 Å². The first-order chi connectivity index (χ1) is 9.08. The van der Waals surface area contributed by atoms with Crippen LogP contribution < -0.4 is 15.2 Å². The third-order valence-electron chi connectivity index (χ3n) is 3.43. The van der Waals surface area contributed by atoms with Crippen LogP contribution in [-0.4, -0.2) is 26.0 Å². The first kappa shape index (κ1) is 14.3. The lowest BCUT2D eigenvalue weighted by molar-refractivity contribution is 0.0968. The predicted molar refractivity (Wildman–Crippen MR) is 76.9 cm³/mol. The van der Waals surface area contributed by atoms with Gasteiger partial charge in [-0.05, 0) is 46.8 Å². The highest BCUT2D eigenvalue weighted by Crippen LogP contribution is 2.38. The van der Waals surface area contributed by atoms with Crippen molar-refractivity contribution in [1.29, 1.82) is 0 Å². The number of hydrogen-bond donors (Lipinski definition) is 1. The van der Waals surface area contributed by atoms with Crippen molar-refractivity contribution in [3.8, 4) is 11.5 Å². The number of ether oxygens (including phenoxy) is 2. The second-order valence-electron chi connectivity index (χ2n) is 4.79. The van der Waals surface area contributed by atoms with Gasteiger partial charge in [0.15, 0.2) is 5.78 Å². The maximum atomic E-state index is 12.3. The summed E-state index contributed by atoms with van der Waals surface area (Å²) in [7, 11) is 3.11. The molecule has 0 aliphatic heterocycles. The quantitative estimate of drug-likeness (QED) is 0.816. The van der Waals surface area contributed by atoms with Crippen molar-refractivity contribution < 1.29 is 14.3 Å². The smallest absolute Gasteiger partial charge is 0.168 e. The standard InChI is InChI=1S/C14H18BrNO3/c1-18-12-6-5-9(14(19-2)13(12)15)11(17)7-10(16)8-3-4-8/h5-6,8,10H,3-4,7,16H2,1-2H3. The van der Waals surface area contributed by atoms with Crippen molar-refractivity contribution in [2.75, 3.05) is 14.2 Å². The van der Waals surface area contributed by atoms with E-state index >= 15 is 0 Å². The maximum Gasteiger partial charge on any atom is 0.168 e. The van der Waals surface area contributed by atoms with Gasteiger partial charge in [-0.15, -0.1) is 0 Å². The Morgan fingerprint density at radius 3 is 2.63 bits per heavy atom. The summed E-state index contributed by atoms with van der Waals surface area (Å²) >= 11 is 3.39. The van der Waals surface area contributed by atoms with Gasteiger partial charge in [0.05, 0.1) is 19.8 Å². The van der Waals surface area contributed by atoms with E-state index in [0.717, 1.165) is 12.8 Å². The number of nitrogens with two attached hydrogens (primary N) is 1. The Labute approximate surface area is 121 Å². The normalized spacial score (nSPS) is 16.0. The van der Waals surface area contributed by atoms with E-state index in [1.165, 1.54) is 7.11 Å². The maximum absolute atomic E-state index is 12.3. The number of Topliss-reactive ketones (excluding diaryl/α,β-unsaturated/α-hetero) is 1. The van der Waals surface area contributed by atoms with Crippen LogP contribution in [0.3, 0.4) is 0 Å². The van der Waals surface area contributed by atoms with Crippen LogP contribution in [0.5, 0.6) is 11.5 Å². The first-order valence-corrected chi connectivity index (χ1v) is 7.07. The number of carbonyl (C=O) groups is 1. The van der Waals surface area contributed by atoms with E-state index in [1.807, 2.05) is 0 Å². The highest BCUT2D eigenvalue weighted by molar-refractivity contribution is 9.10. The highest BCUT2D eigenvalue weighted by atomic mass is 79.9. The monoisotopic (exact) mass is 327 g/mol. The fraction of sp³-hybridized carbons (Fsp3) is 0.500. The number of rotatable bonds is 6. The van der Waals surface area contributed by atoms with Crippen molar-refractivity contribution in [1.82, 2.24) is 0 Å². The summed E-state index contributed by atoms with van der Waals surface area (Å²) in [4.78, 5) is 12.3. The summed E-state index contributed by atoms with van der Waals surface area (Å²) in [5.74, 6) is 1.67. The minimum Gasteiger partial charge on any atom is -0.495 e. The third kappa shape index (κ3) is 3.09. The average molecular weight is 328 g/mol. The summed E-state index contributed by atoms with van der Waals surface area (Å²) in [6.07, 6.45) is 2.63. The molecule has 5 heteroatoms. The Morgan fingerprint density at radius 1 is 1.42 bits per heavy atom. The zero-order chi connectivity index (χ0) is 14.0. The summed E-state index contributed by atoms with van der Waals surface area (Å²) < 4.78 is 11.2. The first-order valence-electron chi connectivity index (χ1n) is 6.27. The molecule has 4 nitrogen and oxygen atoms in total. The van der Waals surface area contributed by atoms with Gasteiger partial charge < -0.3 is 15.2 Å². The zero-order valence-electron chi connectivity index (χ0n) is 11.1. The van der Waals surface area contributed by atoms with Crippen LogP contribution >= 0.6 is 15.9 Å². The molecule has 1 aliphatic rings. The molecule has 1 aromatic rings. The predicted octanol–water partition coefficient (Wildman–Crippen LogP) is 2.78. The van der Waals surface area contributed by atoms with Crippen LogP contribution in [-0.2, 0) is 0 Å². The molecule has 0 spiro atoms. The van der Waals surface area contributed by atoms with Crippen LogP contribution in [0, 0.1) is 5.92 Å². The van der Waals surface area contributed by atoms with Crippen LogP contribution in [0.4, 0.5) is 0 Å². The fourth-order valence-corrected chi connectivity index (χ4v) is 2.80. The number of benzene rings is 1. The Morgan fingerprint density at radius 2 is 2.11 bits per heavy atom. The van der Waals surface area contributed by atoms with Crippen LogP contribution in [0.15, 0.2) is 16.6 Å². The van der Waals surface area contributed by atoms with E-state index < -0.39 is 0 Å². The lowest BCUT2D eigenvalue weighted by Gasteiger charge is -2.14. The number of methoxy groups -OCH3 is 2. The average Bonchev–Trinajstić information content (AvgIpc) is 3.22. The topological polar surface area (TPSA) is 61.5 Å². The van der Waals surface area contributed by atoms with Gasteiger partial charge in [0, 0.05) is 12.5 Å². The van der Waals surface area contributed by atoms with E-state index in [9.17, 15) is 4.79 Å². The molecule has 0 heterocycles. The molecular weight excluding hydrogens is 310 g/mol. The lowest BCUT2D eigenvalue weighted by Crippen LogP contribution is -2.26. The molecule has 1 atom stereocenters. The van der Waals surface area contributed by atoms with Crippen LogP contribution in [0.2, 0.25) is 0 Å². The van der Waals surface area contributed by atoms with E-state index in [4.69, 9.17) is 15.2 Å². The van der Waals surface area contributed by atoms with E-state index in [1.54, 1.807) is 19.2 Å². The second-order valence-corrected chi connectivity index (χ2v) is 5.58. The van der Waals surface area contributed by atoms with Gasteiger partial charge in [0.1, 0.15) is 16.0 Å². The molecule has 1 aromatic carbocycles. The third-order valence-corrected chi connectivity index (χ3v) is 4.19. The fourth-order valence-electron chi connectivity index (χ4n) is 2.13. The molecule has 1 unspecified atom stereocenters. The van der Waals surface area contributed by atoms with Crippen molar-refractivity contribution in [3.05, 3.63) is 22.2 Å². The largest absolute Gasteiger partial charge is 0.495 e.